The highest BCUT2D eigenvalue weighted by atomic mass is 32.1. The topological polar surface area (TPSA) is 116 Å². The largest absolute Gasteiger partial charge is 0.461 e. The quantitative estimate of drug-likeness (QED) is 0.133. The molecule has 4 rings (SSSR count). The van der Waals surface area contributed by atoms with E-state index in [1.165, 1.54) is 11.3 Å². The molecule has 0 fully saturated rings. The second-order valence-electron chi connectivity index (χ2n) is 7.91. The number of nitrogens with zero attached hydrogens (tertiary/aromatic N) is 2. The molecule has 9 heteroatoms. The number of nitrogens with one attached hydrogen (secondary N) is 1. The van der Waals surface area contributed by atoms with Crippen molar-refractivity contribution in [1.29, 1.82) is 0 Å². The summed E-state index contributed by atoms with van der Waals surface area (Å²) in [6.45, 7) is 1.35. The maximum Gasteiger partial charge on any atom is 0.362 e. The SMILES string of the molecule is CCOC(=O)/C(=N/OCC(N)=O)c1csc(NC(c2ccccc2)(c2ccccc2)c2ccccc2)n1. The molecule has 1 aromatic heterocycles. The Bertz CT molecular complexity index is 1260. The average molecular weight is 515 g/mol. The number of primary amides is 1. The van der Waals surface area contributed by atoms with Crippen molar-refractivity contribution in [3.8, 4) is 0 Å². The van der Waals surface area contributed by atoms with E-state index in [1.807, 2.05) is 54.6 Å². The first-order chi connectivity index (χ1) is 18.0. The maximum atomic E-state index is 12.6. The number of hydrogen-bond donors (Lipinski definition) is 2. The number of amides is 1. The molecule has 3 N–H and O–H groups in total. The molecular weight excluding hydrogens is 488 g/mol. The molecule has 0 spiro atoms. The Morgan fingerprint density at radius 2 is 1.43 bits per heavy atom. The number of anilines is 1. The Balaban J connectivity index is 1.81. The molecule has 0 bridgehead atoms. The minimum Gasteiger partial charge on any atom is -0.461 e. The highest BCUT2D eigenvalue weighted by Crippen LogP contribution is 2.40. The average Bonchev–Trinajstić information content (AvgIpc) is 3.39. The van der Waals surface area contributed by atoms with Crippen LogP contribution in [-0.4, -0.2) is 35.8 Å². The number of aromatic nitrogens is 1. The van der Waals surface area contributed by atoms with Gasteiger partial charge in [-0.1, -0.05) is 96.2 Å². The van der Waals surface area contributed by atoms with Gasteiger partial charge in [0.05, 0.1) is 6.61 Å². The first kappa shape index (κ1) is 25.6. The van der Waals surface area contributed by atoms with E-state index >= 15 is 0 Å². The summed E-state index contributed by atoms with van der Waals surface area (Å²) in [5, 5.41) is 9.66. The molecule has 0 saturated heterocycles. The summed E-state index contributed by atoms with van der Waals surface area (Å²) >= 11 is 1.31. The summed E-state index contributed by atoms with van der Waals surface area (Å²) in [5.41, 5.74) is 7.45. The van der Waals surface area contributed by atoms with Gasteiger partial charge in [0.1, 0.15) is 11.2 Å². The fraction of sp³-hybridized carbons (Fsp3) is 0.143. The fourth-order valence-electron chi connectivity index (χ4n) is 3.93. The van der Waals surface area contributed by atoms with Gasteiger partial charge in [-0.15, -0.1) is 11.3 Å². The van der Waals surface area contributed by atoms with E-state index in [4.69, 9.17) is 15.3 Å². The lowest BCUT2D eigenvalue weighted by atomic mass is 9.77. The van der Waals surface area contributed by atoms with Crippen LogP contribution in [0.3, 0.4) is 0 Å². The van der Waals surface area contributed by atoms with E-state index in [2.05, 4.69) is 51.9 Å². The predicted molar refractivity (Wildman–Crippen MR) is 143 cm³/mol. The number of carbonyl (C=O) groups is 2. The van der Waals surface area contributed by atoms with Crippen LogP contribution in [0.4, 0.5) is 5.13 Å². The second-order valence-corrected chi connectivity index (χ2v) is 8.77. The third-order valence-electron chi connectivity index (χ3n) is 5.49. The molecule has 0 radical (unpaired) electrons. The van der Waals surface area contributed by atoms with E-state index in [0.717, 1.165) is 16.7 Å². The lowest BCUT2D eigenvalue weighted by molar-refractivity contribution is -0.135. The number of oxime groups is 1. The van der Waals surface area contributed by atoms with Crippen LogP contribution in [-0.2, 0) is 24.7 Å². The highest BCUT2D eigenvalue weighted by molar-refractivity contribution is 7.14. The van der Waals surface area contributed by atoms with Gasteiger partial charge in [-0.05, 0) is 23.6 Å². The van der Waals surface area contributed by atoms with E-state index < -0.39 is 24.0 Å². The van der Waals surface area contributed by atoms with Crippen molar-refractivity contribution in [1.82, 2.24) is 4.98 Å². The fourth-order valence-corrected chi connectivity index (χ4v) is 4.68. The third kappa shape index (κ3) is 5.84. The summed E-state index contributed by atoms with van der Waals surface area (Å²) in [6, 6.07) is 30.2. The van der Waals surface area contributed by atoms with Gasteiger partial charge in [0.15, 0.2) is 11.7 Å². The molecule has 1 heterocycles. The summed E-state index contributed by atoms with van der Waals surface area (Å²) in [7, 11) is 0. The zero-order valence-corrected chi connectivity index (χ0v) is 21.0. The van der Waals surface area contributed by atoms with Gasteiger partial charge in [0.2, 0.25) is 5.71 Å². The zero-order valence-electron chi connectivity index (χ0n) is 20.2. The van der Waals surface area contributed by atoms with Crippen LogP contribution in [0.15, 0.2) is 102 Å². The van der Waals surface area contributed by atoms with Crippen molar-refractivity contribution in [3.63, 3.8) is 0 Å². The minimum atomic E-state index is -0.789. The van der Waals surface area contributed by atoms with Crippen LogP contribution in [0.2, 0.25) is 0 Å². The Kier molecular flexibility index (Phi) is 8.27. The van der Waals surface area contributed by atoms with Crippen LogP contribution < -0.4 is 11.1 Å². The first-order valence-corrected chi connectivity index (χ1v) is 12.5. The summed E-state index contributed by atoms with van der Waals surface area (Å²) < 4.78 is 5.11. The molecule has 4 aromatic rings. The zero-order chi connectivity index (χ0) is 26.1. The van der Waals surface area contributed by atoms with Gasteiger partial charge in [-0.2, -0.15) is 0 Å². The third-order valence-corrected chi connectivity index (χ3v) is 6.25. The number of carbonyl (C=O) groups excluding carboxylic acids is 2. The molecule has 0 aliphatic carbocycles. The number of rotatable bonds is 11. The van der Waals surface area contributed by atoms with Crippen molar-refractivity contribution in [3.05, 3.63) is 119 Å². The molecule has 0 aliphatic heterocycles. The number of benzene rings is 3. The Morgan fingerprint density at radius 3 is 1.89 bits per heavy atom. The van der Waals surface area contributed by atoms with Crippen LogP contribution in [0.5, 0.6) is 0 Å². The van der Waals surface area contributed by atoms with Crippen molar-refractivity contribution >= 4 is 34.1 Å². The number of nitrogens with two attached hydrogens (primary N) is 1. The van der Waals surface area contributed by atoms with Crippen molar-refractivity contribution in [2.45, 2.75) is 12.5 Å². The lowest BCUT2D eigenvalue weighted by Crippen LogP contribution is -2.38. The second kappa shape index (κ2) is 12.0. The molecule has 0 aliphatic rings. The van der Waals surface area contributed by atoms with Crippen molar-refractivity contribution < 1.29 is 19.2 Å². The van der Waals surface area contributed by atoms with Gasteiger partial charge >= 0.3 is 5.97 Å². The van der Waals surface area contributed by atoms with Crippen molar-refractivity contribution in [2.24, 2.45) is 10.9 Å². The first-order valence-electron chi connectivity index (χ1n) is 11.6. The van der Waals surface area contributed by atoms with Gasteiger partial charge in [-0.3, -0.25) is 4.79 Å². The van der Waals surface area contributed by atoms with Crippen LogP contribution in [0, 0.1) is 0 Å². The number of esters is 1. The summed E-state index contributed by atoms with van der Waals surface area (Å²) in [5.74, 6) is -1.43. The Hall–Kier alpha value is -4.50. The van der Waals surface area contributed by atoms with Crippen LogP contribution in [0.25, 0.3) is 0 Å². The molecule has 8 nitrogen and oxygen atoms in total. The van der Waals surface area contributed by atoms with Gasteiger partial charge < -0.3 is 20.6 Å². The summed E-state index contributed by atoms with van der Waals surface area (Å²) in [6.07, 6.45) is 0. The molecule has 0 unspecified atom stereocenters. The van der Waals surface area contributed by atoms with Crippen molar-refractivity contribution in [2.75, 3.05) is 18.5 Å². The lowest BCUT2D eigenvalue weighted by Gasteiger charge is -2.36. The van der Waals surface area contributed by atoms with E-state index in [-0.39, 0.29) is 18.0 Å². The minimum absolute atomic E-state index is 0.141. The van der Waals surface area contributed by atoms with E-state index in [0.29, 0.717) is 5.13 Å². The smallest absolute Gasteiger partial charge is 0.362 e. The standard InChI is InChI=1S/C28H26N4O4S/c1-2-35-26(34)25(32-36-18-24(29)33)23-19-37-27(30-23)31-28(20-12-6-3-7-13-20,21-14-8-4-9-15-21)22-16-10-5-11-17-22/h3-17,19H,2,18H2,1H3,(H2,29,33)(H,30,31)/b32-25+. The number of hydrogen-bond acceptors (Lipinski definition) is 8. The van der Waals surface area contributed by atoms with Crippen LogP contribution >= 0.6 is 11.3 Å². The van der Waals surface area contributed by atoms with Gasteiger partial charge in [0, 0.05) is 5.38 Å². The molecule has 0 atom stereocenters. The number of ether oxygens (including phenoxy) is 1. The molecule has 188 valence electrons. The Morgan fingerprint density at radius 1 is 0.919 bits per heavy atom. The Labute approximate surface area is 218 Å². The molecule has 0 saturated carbocycles. The van der Waals surface area contributed by atoms with E-state index in [1.54, 1.807) is 12.3 Å². The maximum absolute atomic E-state index is 12.6. The van der Waals surface area contributed by atoms with E-state index in [9.17, 15) is 9.59 Å². The predicted octanol–water partition coefficient (Wildman–Crippen LogP) is 4.32. The molecule has 3 aromatic carbocycles. The van der Waals surface area contributed by atoms with Gasteiger partial charge in [0.25, 0.3) is 5.91 Å². The molecule has 1 amide bonds. The molecule has 37 heavy (non-hydrogen) atoms. The molecular formula is C28H26N4O4S. The van der Waals surface area contributed by atoms with Crippen LogP contribution in [0.1, 0.15) is 29.3 Å². The number of thiazole rings is 1. The normalized spacial score (nSPS) is 11.5. The van der Waals surface area contributed by atoms with Gasteiger partial charge in [-0.25, -0.2) is 9.78 Å². The summed E-state index contributed by atoms with van der Waals surface area (Å²) in [4.78, 5) is 33.2. The highest BCUT2D eigenvalue weighted by Gasteiger charge is 2.37. The monoisotopic (exact) mass is 514 g/mol.